The molecule has 1 saturated carbocycles. The Bertz CT molecular complexity index is 553. The van der Waals surface area contributed by atoms with E-state index < -0.39 is 5.97 Å². The van der Waals surface area contributed by atoms with Gasteiger partial charge in [0.15, 0.2) is 5.76 Å². The SMILES string of the molecule is O=C(O)C1CCC(NC(C2=CC=CCC2)C2=COC=CO2)CC1. The van der Waals surface area contributed by atoms with Crippen molar-refractivity contribution in [3.8, 4) is 0 Å². The minimum atomic E-state index is -0.669. The van der Waals surface area contributed by atoms with E-state index >= 15 is 0 Å². The molecular formula is C18H23NO4. The molecule has 1 unspecified atom stereocenters. The number of aliphatic carboxylic acids is 1. The molecular weight excluding hydrogens is 294 g/mol. The van der Waals surface area contributed by atoms with Crippen LogP contribution in [0.4, 0.5) is 0 Å². The summed E-state index contributed by atoms with van der Waals surface area (Å²) in [5.74, 6) is -0.105. The minimum absolute atomic E-state index is 0.0173. The molecule has 0 bridgehead atoms. The number of carboxylic acids is 1. The second kappa shape index (κ2) is 7.51. The van der Waals surface area contributed by atoms with E-state index in [-0.39, 0.29) is 12.0 Å². The van der Waals surface area contributed by atoms with Crippen LogP contribution in [0.1, 0.15) is 38.5 Å². The largest absolute Gasteiger partial charge is 0.481 e. The molecule has 1 atom stereocenters. The van der Waals surface area contributed by atoms with Crippen LogP contribution in [0.2, 0.25) is 0 Å². The van der Waals surface area contributed by atoms with Crippen molar-refractivity contribution < 1.29 is 19.4 Å². The van der Waals surface area contributed by atoms with Crippen LogP contribution < -0.4 is 5.32 Å². The number of hydrogen-bond acceptors (Lipinski definition) is 4. The highest BCUT2D eigenvalue weighted by Gasteiger charge is 2.30. The van der Waals surface area contributed by atoms with Gasteiger partial charge >= 0.3 is 5.97 Å². The van der Waals surface area contributed by atoms with Gasteiger partial charge in [0.25, 0.3) is 0 Å². The molecule has 0 aromatic rings. The van der Waals surface area contributed by atoms with Crippen molar-refractivity contribution >= 4 is 5.97 Å². The summed E-state index contributed by atoms with van der Waals surface area (Å²) in [7, 11) is 0. The molecule has 2 aliphatic carbocycles. The monoisotopic (exact) mass is 317 g/mol. The maximum absolute atomic E-state index is 11.1. The third-order valence-corrected chi connectivity index (χ3v) is 4.70. The van der Waals surface area contributed by atoms with E-state index in [1.54, 1.807) is 12.5 Å². The second-order valence-corrected chi connectivity index (χ2v) is 6.24. The highest BCUT2D eigenvalue weighted by Crippen LogP contribution is 2.28. The van der Waals surface area contributed by atoms with Gasteiger partial charge in [-0.2, -0.15) is 0 Å². The average Bonchev–Trinajstić information content (AvgIpc) is 2.61. The first-order chi connectivity index (χ1) is 11.2. The smallest absolute Gasteiger partial charge is 0.306 e. The van der Waals surface area contributed by atoms with Crippen LogP contribution in [-0.4, -0.2) is 23.2 Å². The van der Waals surface area contributed by atoms with E-state index in [0.717, 1.165) is 44.3 Å². The molecule has 3 rings (SSSR count). The highest BCUT2D eigenvalue weighted by molar-refractivity contribution is 5.70. The van der Waals surface area contributed by atoms with E-state index in [1.807, 2.05) is 0 Å². The number of allylic oxidation sites excluding steroid dienone is 3. The van der Waals surface area contributed by atoms with Gasteiger partial charge in [-0.1, -0.05) is 18.2 Å². The third-order valence-electron chi connectivity index (χ3n) is 4.70. The van der Waals surface area contributed by atoms with E-state index in [1.165, 1.54) is 11.8 Å². The average molecular weight is 317 g/mol. The Morgan fingerprint density at radius 2 is 2.09 bits per heavy atom. The number of carboxylic acid groups (broad SMARTS) is 1. The van der Waals surface area contributed by atoms with E-state index in [9.17, 15) is 4.79 Å². The van der Waals surface area contributed by atoms with Crippen LogP contribution in [-0.2, 0) is 14.3 Å². The molecule has 23 heavy (non-hydrogen) atoms. The maximum Gasteiger partial charge on any atom is 0.306 e. The summed E-state index contributed by atoms with van der Waals surface area (Å²) in [5.41, 5.74) is 1.28. The van der Waals surface area contributed by atoms with Crippen LogP contribution >= 0.6 is 0 Å². The van der Waals surface area contributed by atoms with Crippen molar-refractivity contribution in [1.82, 2.24) is 5.32 Å². The van der Waals surface area contributed by atoms with Gasteiger partial charge in [-0.3, -0.25) is 4.79 Å². The van der Waals surface area contributed by atoms with Gasteiger partial charge in [0.2, 0.25) is 0 Å². The lowest BCUT2D eigenvalue weighted by atomic mass is 9.85. The molecule has 5 heteroatoms. The predicted octanol–water partition coefficient (Wildman–Crippen LogP) is 3.22. The molecule has 0 saturated heterocycles. The summed E-state index contributed by atoms with van der Waals surface area (Å²) in [6.45, 7) is 0. The zero-order valence-electron chi connectivity index (χ0n) is 13.1. The second-order valence-electron chi connectivity index (χ2n) is 6.24. The summed E-state index contributed by atoms with van der Waals surface area (Å²) in [5, 5.41) is 12.8. The Kier molecular flexibility index (Phi) is 5.18. The molecule has 124 valence electrons. The minimum Gasteiger partial charge on any atom is -0.481 e. The predicted molar refractivity (Wildman–Crippen MR) is 86.2 cm³/mol. The molecule has 5 nitrogen and oxygen atoms in total. The summed E-state index contributed by atoms with van der Waals surface area (Å²) < 4.78 is 10.9. The first-order valence-corrected chi connectivity index (χ1v) is 8.25. The molecule has 1 aliphatic heterocycles. The Morgan fingerprint density at radius 3 is 2.70 bits per heavy atom. The number of ether oxygens (including phenoxy) is 2. The number of rotatable bonds is 5. The zero-order chi connectivity index (χ0) is 16.1. The number of hydrogen-bond donors (Lipinski definition) is 2. The number of nitrogens with one attached hydrogen (secondary N) is 1. The molecule has 0 aromatic heterocycles. The Labute approximate surface area is 136 Å². The number of carbonyl (C=O) groups is 1. The van der Waals surface area contributed by atoms with Gasteiger partial charge < -0.3 is 19.9 Å². The normalized spacial score (nSPS) is 28.2. The topological polar surface area (TPSA) is 67.8 Å². The standard InChI is InChI=1S/C18H23NO4/c20-18(21)14-6-8-15(9-7-14)19-17(13-4-2-1-3-5-13)16-12-22-10-11-23-16/h1-2,4,10-12,14-15,17,19H,3,5-9H2,(H,20,21). The van der Waals surface area contributed by atoms with Crippen molar-refractivity contribution in [2.45, 2.75) is 50.6 Å². The molecule has 0 aromatic carbocycles. The molecule has 1 fully saturated rings. The molecule has 0 radical (unpaired) electrons. The summed E-state index contributed by atoms with van der Waals surface area (Å²) in [6.07, 6.45) is 16.3. The summed E-state index contributed by atoms with van der Waals surface area (Å²) in [4.78, 5) is 11.1. The van der Waals surface area contributed by atoms with E-state index in [2.05, 4.69) is 23.5 Å². The zero-order valence-corrected chi connectivity index (χ0v) is 13.1. The highest BCUT2D eigenvalue weighted by atomic mass is 16.5. The van der Waals surface area contributed by atoms with Crippen LogP contribution in [0.5, 0.6) is 0 Å². The first kappa shape index (κ1) is 15.9. The van der Waals surface area contributed by atoms with Crippen LogP contribution in [0.3, 0.4) is 0 Å². The van der Waals surface area contributed by atoms with Crippen LogP contribution in [0.25, 0.3) is 0 Å². The van der Waals surface area contributed by atoms with Crippen molar-refractivity contribution in [2.24, 2.45) is 5.92 Å². The molecule has 0 spiro atoms. The van der Waals surface area contributed by atoms with E-state index in [0.29, 0.717) is 6.04 Å². The Balaban J connectivity index is 1.67. The third kappa shape index (κ3) is 4.05. The lowest BCUT2D eigenvalue weighted by molar-refractivity contribution is -0.142. The summed E-state index contributed by atoms with van der Waals surface area (Å²) in [6, 6.07) is 0.286. The van der Waals surface area contributed by atoms with Crippen LogP contribution in [0, 0.1) is 5.92 Å². The van der Waals surface area contributed by atoms with Gasteiger partial charge in [0.1, 0.15) is 18.8 Å². The molecule has 0 amide bonds. The fourth-order valence-electron chi connectivity index (χ4n) is 3.39. The quantitative estimate of drug-likeness (QED) is 0.815. The lowest BCUT2D eigenvalue weighted by Crippen LogP contribution is -2.43. The van der Waals surface area contributed by atoms with Crippen molar-refractivity contribution in [3.05, 3.63) is 48.3 Å². The van der Waals surface area contributed by atoms with Crippen molar-refractivity contribution in [2.75, 3.05) is 0 Å². The first-order valence-electron chi connectivity index (χ1n) is 8.25. The van der Waals surface area contributed by atoms with Crippen molar-refractivity contribution in [3.63, 3.8) is 0 Å². The molecule has 2 N–H and O–H groups in total. The molecule has 1 heterocycles. The van der Waals surface area contributed by atoms with E-state index in [4.69, 9.17) is 14.6 Å². The van der Waals surface area contributed by atoms with Gasteiger partial charge in [-0.25, -0.2) is 0 Å². The molecule has 3 aliphatic rings. The maximum atomic E-state index is 11.1. The fourth-order valence-corrected chi connectivity index (χ4v) is 3.39. The van der Waals surface area contributed by atoms with Gasteiger partial charge in [0, 0.05) is 6.04 Å². The van der Waals surface area contributed by atoms with Gasteiger partial charge in [-0.15, -0.1) is 0 Å². The summed E-state index contributed by atoms with van der Waals surface area (Å²) >= 11 is 0. The Morgan fingerprint density at radius 1 is 1.26 bits per heavy atom. The van der Waals surface area contributed by atoms with Gasteiger partial charge in [-0.05, 0) is 44.1 Å². The lowest BCUT2D eigenvalue weighted by Gasteiger charge is -2.33. The Hall–Kier alpha value is -2.01. The van der Waals surface area contributed by atoms with Gasteiger partial charge in [0.05, 0.1) is 12.0 Å². The van der Waals surface area contributed by atoms with Crippen molar-refractivity contribution in [1.29, 1.82) is 0 Å². The fraction of sp³-hybridized carbons (Fsp3) is 0.500. The van der Waals surface area contributed by atoms with Crippen LogP contribution in [0.15, 0.2) is 48.3 Å².